The van der Waals surface area contributed by atoms with Crippen LogP contribution in [-0.2, 0) is 0 Å². The van der Waals surface area contributed by atoms with Crippen molar-refractivity contribution in [3.63, 3.8) is 0 Å². The maximum Gasteiger partial charge on any atom is -0.0183 e. The van der Waals surface area contributed by atoms with E-state index >= 15 is 0 Å². The van der Waals surface area contributed by atoms with Gasteiger partial charge >= 0.3 is 0 Å². The van der Waals surface area contributed by atoms with E-state index in [1.54, 1.807) is 0 Å². The minimum atomic E-state index is 0.824. The van der Waals surface area contributed by atoms with Crippen molar-refractivity contribution in [3.8, 4) is 0 Å². The first-order valence-corrected chi connectivity index (χ1v) is 6.49. The summed E-state index contributed by atoms with van der Waals surface area (Å²) in [4.78, 5) is 0. The zero-order valence-corrected chi connectivity index (χ0v) is 11.6. The molecule has 0 heterocycles. The summed E-state index contributed by atoms with van der Waals surface area (Å²) in [7, 11) is 0. The number of benzene rings is 2. The average Bonchev–Trinajstić information content (AvgIpc) is 2.53. The van der Waals surface area contributed by atoms with E-state index in [1.807, 2.05) is 60.7 Å². The molecule has 2 aromatic rings. The fourth-order valence-electron chi connectivity index (χ4n) is 1.99. The molecule has 20 heavy (non-hydrogen) atoms. The molecule has 0 aromatic heterocycles. The van der Waals surface area contributed by atoms with Crippen LogP contribution >= 0.6 is 0 Å². The quantitative estimate of drug-likeness (QED) is 0.619. The lowest BCUT2D eigenvalue weighted by atomic mass is 9.89. The van der Waals surface area contributed by atoms with Crippen molar-refractivity contribution in [2.24, 2.45) is 0 Å². The third-order valence-corrected chi connectivity index (χ3v) is 3.34. The van der Waals surface area contributed by atoms with E-state index in [1.165, 1.54) is 0 Å². The Labute approximate surface area is 121 Å². The lowest BCUT2D eigenvalue weighted by molar-refractivity contribution is 1.53. The summed E-state index contributed by atoms with van der Waals surface area (Å²) in [5, 5.41) is 0. The Bertz CT molecular complexity index is 596. The first-order valence-electron chi connectivity index (χ1n) is 6.49. The molecule has 0 N–H and O–H groups in total. The minimum Gasteiger partial charge on any atom is -0.0906 e. The molecular weight excluding hydrogens is 240 g/mol. The Balaban J connectivity index is 2.20. The van der Waals surface area contributed by atoms with Crippen molar-refractivity contribution in [3.05, 3.63) is 109 Å². The highest BCUT2D eigenvalue weighted by Gasteiger charge is 2.10. The molecule has 2 aromatic carbocycles. The van der Waals surface area contributed by atoms with Gasteiger partial charge in [-0.3, -0.25) is 0 Å². The Morgan fingerprint density at radius 2 is 0.800 bits per heavy atom. The second-order valence-corrected chi connectivity index (χ2v) is 4.65. The van der Waals surface area contributed by atoms with Gasteiger partial charge in [-0.15, -0.1) is 0 Å². The van der Waals surface area contributed by atoms with E-state index < -0.39 is 0 Å². The van der Waals surface area contributed by atoms with Gasteiger partial charge in [-0.05, 0) is 33.4 Å². The third kappa shape index (κ3) is 2.86. The molecule has 0 amide bonds. The zero-order chi connectivity index (χ0) is 14.5. The van der Waals surface area contributed by atoms with Crippen LogP contribution in [0.2, 0.25) is 0 Å². The van der Waals surface area contributed by atoms with Crippen molar-refractivity contribution in [2.75, 3.05) is 0 Å². The van der Waals surface area contributed by atoms with Crippen LogP contribution in [0.4, 0.5) is 0 Å². The van der Waals surface area contributed by atoms with E-state index in [4.69, 9.17) is 0 Å². The molecule has 0 saturated carbocycles. The molecule has 0 bridgehead atoms. The molecule has 0 nitrogen and oxygen atoms in total. The second-order valence-electron chi connectivity index (χ2n) is 4.65. The Morgan fingerprint density at radius 1 is 0.500 bits per heavy atom. The van der Waals surface area contributed by atoms with E-state index in [9.17, 15) is 0 Å². The van der Waals surface area contributed by atoms with Gasteiger partial charge in [-0.25, -0.2) is 0 Å². The SMILES string of the molecule is C=C(C(=C)C(=C)c1ccccc1)C(=C)c1ccccc1. The molecule has 0 fully saturated rings. The molecule has 0 radical (unpaired) electrons. The van der Waals surface area contributed by atoms with Crippen molar-refractivity contribution in [2.45, 2.75) is 0 Å². The highest BCUT2D eigenvalue weighted by molar-refractivity contribution is 5.92. The van der Waals surface area contributed by atoms with E-state index in [0.29, 0.717) is 0 Å². The summed E-state index contributed by atoms with van der Waals surface area (Å²) in [6.45, 7) is 16.5. The third-order valence-electron chi connectivity index (χ3n) is 3.34. The summed E-state index contributed by atoms with van der Waals surface area (Å²) < 4.78 is 0. The van der Waals surface area contributed by atoms with Gasteiger partial charge < -0.3 is 0 Å². The van der Waals surface area contributed by atoms with Crippen LogP contribution in [-0.4, -0.2) is 0 Å². The first-order chi connectivity index (χ1) is 9.61. The lowest BCUT2D eigenvalue weighted by Gasteiger charge is -2.15. The predicted molar refractivity (Wildman–Crippen MR) is 89.2 cm³/mol. The topological polar surface area (TPSA) is 0 Å². The van der Waals surface area contributed by atoms with Gasteiger partial charge in [0.2, 0.25) is 0 Å². The Hall–Kier alpha value is -2.60. The van der Waals surface area contributed by atoms with Crippen molar-refractivity contribution < 1.29 is 0 Å². The van der Waals surface area contributed by atoms with Gasteiger partial charge in [0.15, 0.2) is 0 Å². The maximum absolute atomic E-state index is 4.12. The van der Waals surface area contributed by atoms with E-state index in [2.05, 4.69) is 26.3 Å². The van der Waals surface area contributed by atoms with Gasteiger partial charge in [0.05, 0.1) is 0 Å². The number of hydrogen-bond acceptors (Lipinski definition) is 0. The van der Waals surface area contributed by atoms with Crippen LogP contribution in [0, 0.1) is 0 Å². The Morgan fingerprint density at radius 3 is 1.10 bits per heavy atom. The Kier molecular flexibility index (Phi) is 4.17. The highest BCUT2D eigenvalue weighted by Crippen LogP contribution is 2.32. The molecule has 0 aliphatic rings. The smallest absolute Gasteiger partial charge is 0.0183 e. The average molecular weight is 258 g/mol. The summed E-state index contributed by atoms with van der Waals surface area (Å²) in [5.74, 6) is 0. The van der Waals surface area contributed by atoms with Crippen LogP contribution in [0.15, 0.2) is 98.1 Å². The standard InChI is InChI=1S/C20H18/c1-15(17(3)19-11-7-5-8-12-19)16(2)18(4)20-13-9-6-10-14-20/h5-14H,1-4H2. The molecule has 0 aliphatic heterocycles. The molecule has 0 unspecified atom stereocenters. The van der Waals surface area contributed by atoms with Crippen molar-refractivity contribution in [1.82, 2.24) is 0 Å². The first kappa shape index (κ1) is 13.8. The molecule has 98 valence electrons. The van der Waals surface area contributed by atoms with E-state index in [0.717, 1.165) is 33.4 Å². The van der Waals surface area contributed by atoms with E-state index in [-0.39, 0.29) is 0 Å². The molecule has 0 heteroatoms. The van der Waals surface area contributed by atoms with Gasteiger partial charge in [0.1, 0.15) is 0 Å². The summed E-state index contributed by atoms with van der Waals surface area (Å²) in [6, 6.07) is 20.0. The van der Waals surface area contributed by atoms with Crippen LogP contribution < -0.4 is 0 Å². The van der Waals surface area contributed by atoms with Crippen LogP contribution in [0.3, 0.4) is 0 Å². The van der Waals surface area contributed by atoms with Crippen LogP contribution in [0.1, 0.15) is 11.1 Å². The maximum atomic E-state index is 4.12. The lowest BCUT2D eigenvalue weighted by Crippen LogP contribution is -1.94. The minimum absolute atomic E-state index is 0.824. The normalized spacial score (nSPS) is 9.80. The van der Waals surface area contributed by atoms with Crippen molar-refractivity contribution in [1.29, 1.82) is 0 Å². The predicted octanol–water partition coefficient (Wildman–Crippen LogP) is 5.53. The van der Waals surface area contributed by atoms with Gasteiger partial charge in [0, 0.05) is 0 Å². The van der Waals surface area contributed by atoms with Gasteiger partial charge in [-0.1, -0.05) is 87.0 Å². The van der Waals surface area contributed by atoms with Crippen LogP contribution in [0.5, 0.6) is 0 Å². The van der Waals surface area contributed by atoms with Crippen LogP contribution in [0.25, 0.3) is 11.1 Å². The molecule has 0 saturated heterocycles. The monoisotopic (exact) mass is 258 g/mol. The summed E-state index contributed by atoms with van der Waals surface area (Å²) >= 11 is 0. The summed E-state index contributed by atoms with van der Waals surface area (Å²) in [5.41, 5.74) is 5.52. The molecule has 0 aliphatic carbocycles. The zero-order valence-electron chi connectivity index (χ0n) is 11.6. The molecule has 2 rings (SSSR count). The molecular formula is C20H18. The fourth-order valence-corrected chi connectivity index (χ4v) is 1.99. The largest absolute Gasteiger partial charge is 0.0906 e. The summed E-state index contributed by atoms with van der Waals surface area (Å²) in [6.07, 6.45) is 0. The molecule has 0 spiro atoms. The fraction of sp³-hybridized carbons (Fsp3) is 0. The molecule has 0 atom stereocenters. The second kappa shape index (κ2) is 6.03. The highest BCUT2D eigenvalue weighted by atomic mass is 14.1. The number of rotatable bonds is 5. The van der Waals surface area contributed by atoms with Gasteiger partial charge in [0.25, 0.3) is 0 Å². The van der Waals surface area contributed by atoms with Crippen molar-refractivity contribution >= 4 is 11.1 Å². The van der Waals surface area contributed by atoms with Gasteiger partial charge in [-0.2, -0.15) is 0 Å². The number of hydrogen-bond donors (Lipinski definition) is 0. The number of allylic oxidation sites excluding steroid dienone is 4.